The number of allylic oxidation sites excluding steroid dienone is 1. The molecule has 0 bridgehead atoms. The molecule has 4 rings (SSSR count). The number of fused-ring (bicyclic) bond motifs is 1. The van der Waals surface area contributed by atoms with Gasteiger partial charge in [0.05, 0.1) is 0 Å². The van der Waals surface area contributed by atoms with Crippen molar-refractivity contribution < 1.29 is 28.9 Å². The van der Waals surface area contributed by atoms with E-state index in [-0.39, 0.29) is 13.4 Å². The lowest BCUT2D eigenvalue weighted by molar-refractivity contribution is -0.138. The van der Waals surface area contributed by atoms with E-state index in [2.05, 4.69) is 37.4 Å². The molecule has 6 nitrogen and oxygen atoms in total. The minimum absolute atomic E-state index is 0.217. The second-order valence-corrected chi connectivity index (χ2v) is 8.87. The normalized spacial score (nSPS) is 20.8. The molecule has 2 saturated carbocycles. The van der Waals surface area contributed by atoms with Gasteiger partial charge in [-0.2, -0.15) is 0 Å². The van der Waals surface area contributed by atoms with Gasteiger partial charge in [0.25, 0.3) is 0 Å². The van der Waals surface area contributed by atoms with Crippen molar-refractivity contribution in [2.75, 3.05) is 20.0 Å². The molecule has 0 saturated heterocycles. The Kier molecular flexibility index (Phi) is 11.9. The van der Waals surface area contributed by atoms with Crippen LogP contribution in [0, 0.1) is 11.8 Å². The van der Waals surface area contributed by atoms with E-state index in [1.54, 1.807) is 6.08 Å². The van der Waals surface area contributed by atoms with Crippen molar-refractivity contribution in [3.63, 3.8) is 0 Å². The highest BCUT2D eigenvalue weighted by molar-refractivity contribution is 5.81. The zero-order valence-corrected chi connectivity index (χ0v) is 21.2. The van der Waals surface area contributed by atoms with Crippen molar-refractivity contribution in [1.29, 1.82) is 0 Å². The molecule has 0 aromatic heterocycles. The number of benzene rings is 2. The van der Waals surface area contributed by atoms with E-state index in [1.165, 1.54) is 36.8 Å². The number of hydrogen-bond acceptors (Lipinski definition) is 6. The Labute approximate surface area is 214 Å². The van der Waals surface area contributed by atoms with E-state index in [1.807, 2.05) is 38.0 Å². The third-order valence-electron chi connectivity index (χ3n) is 6.96. The number of esters is 1. The molecule has 0 amide bonds. The summed E-state index contributed by atoms with van der Waals surface area (Å²) >= 11 is 0. The molecule has 36 heavy (non-hydrogen) atoms. The summed E-state index contributed by atoms with van der Waals surface area (Å²) in [7, 11) is 0. The van der Waals surface area contributed by atoms with E-state index in [0.29, 0.717) is 12.0 Å². The van der Waals surface area contributed by atoms with Gasteiger partial charge >= 0.3 is 5.97 Å². The van der Waals surface area contributed by atoms with Gasteiger partial charge in [-0.3, -0.25) is 0 Å². The number of aliphatic hydroxyl groups is 1. The predicted octanol–water partition coefficient (Wildman–Crippen LogP) is 5.43. The molecule has 0 aliphatic heterocycles. The molecule has 3 atom stereocenters. The van der Waals surface area contributed by atoms with Crippen molar-refractivity contribution in [2.24, 2.45) is 11.8 Å². The van der Waals surface area contributed by atoms with Gasteiger partial charge in [-0.1, -0.05) is 36.9 Å². The van der Waals surface area contributed by atoms with E-state index in [4.69, 9.17) is 24.1 Å². The van der Waals surface area contributed by atoms with Gasteiger partial charge in [0.15, 0.2) is 6.79 Å². The lowest BCUT2D eigenvalue weighted by atomic mass is 9.40. The van der Waals surface area contributed by atoms with Gasteiger partial charge in [-0.15, -0.1) is 6.58 Å². The highest BCUT2D eigenvalue weighted by atomic mass is 16.6. The van der Waals surface area contributed by atoms with Gasteiger partial charge in [0, 0.05) is 6.08 Å². The number of hydrogen-bond donors (Lipinski definition) is 1. The molecule has 194 valence electrons. The maximum Gasteiger partial charge on any atom is 0.330 e. The van der Waals surface area contributed by atoms with Crippen LogP contribution in [0.5, 0.6) is 11.5 Å². The summed E-state index contributed by atoms with van der Waals surface area (Å²) < 4.78 is 15.7. The first kappa shape index (κ1) is 28.9. The molecular formula is C30H38O6. The number of aliphatic hydroxyl groups excluding tert-OH is 1. The SMILES string of the molecule is C=CC.C=CC(=O)OCCOc1ccc(CCC2CC3(c4ccc(OCO)cc4)CCC23)cc1.C=O. The van der Waals surface area contributed by atoms with Crippen LogP contribution >= 0.6 is 0 Å². The molecule has 0 radical (unpaired) electrons. The summed E-state index contributed by atoms with van der Waals surface area (Å²) in [5.41, 5.74) is 3.12. The summed E-state index contributed by atoms with van der Waals surface area (Å²) in [6, 6.07) is 16.5. The Morgan fingerprint density at radius 2 is 1.64 bits per heavy atom. The quantitative estimate of drug-likeness (QED) is 0.147. The molecule has 2 aromatic carbocycles. The first-order valence-electron chi connectivity index (χ1n) is 12.3. The van der Waals surface area contributed by atoms with Crippen LogP contribution in [0.15, 0.2) is 73.8 Å². The van der Waals surface area contributed by atoms with E-state index < -0.39 is 5.97 Å². The van der Waals surface area contributed by atoms with Gasteiger partial charge < -0.3 is 24.1 Å². The van der Waals surface area contributed by atoms with Crippen LogP contribution in [-0.4, -0.2) is 37.9 Å². The van der Waals surface area contributed by atoms with E-state index in [9.17, 15) is 4.79 Å². The van der Waals surface area contributed by atoms with Crippen molar-refractivity contribution in [3.8, 4) is 11.5 Å². The number of carbonyl (C=O) groups excluding carboxylic acids is 2. The monoisotopic (exact) mass is 494 g/mol. The van der Waals surface area contributed by atoms with E-state index in [0.717, 1.165) is 35.8 Å². The molecule has 2 fully saturated rings. The van der Waals surface area contributed by atoms with Crippen LogP contribution in [0.25, 0.3) is 0 Å². The van der Waals surface area contributed by atoms with Crippen LogP contribution in [0.3, 0.4) is 0 Å². The van der Waals surface area contributed by atoms with Crippen LogP contribution in [0.1, 0.15) is 43.7 Å². The number of ether oxygens (including phenoxy) is 3. The second-order valence-electron chi connectivity index (χ2n) is 8.87. The number of rotatable bonds is 11. The second kappa shape index (κ2) is 14.9. The average Bonchev–Trinajstić information content (AvgIpc) is 2.90. The Hall–Kier alpha value is -3.38. The van der Waals surface area contributed by atoms with Gasteiger partial charge in [-0.25, -0.2) is 4.79 Å². The molecule has 6 heteroatoms. The molecule has 0 heterocycles. The fraction of sp³-hybridized carbons (Fsp3) is 0.400. The summed E-state index contributed by atoms with van der Waals surface area (Å²) in [6.45, 7) is 10.9. The fourth-order valence-corrected chi connectivity index (χ4v) is 5.25. The summed E-state index contributed by atoms with van der Waals surface area (Å²) in [5, 5.41) is 8.89. The Balaban J connectivity index is 0.000000850. The Morgan fingerprint density at radius 1 is 1.03 bits per heavy atom. The minimum atomic E-state index is -0.432. The van der Waals surface area contributed by atoms with Crippen molar-refractivity contribution in [2.45, 2.75) is 44.4 Å². The summed E-state index contributed by atoms with van der Waals surface area (Å²) in [5.74, 6) is 2.65. The standard InChI is InChI=1S/C26H30O5.C3H6.CH2O/c1-2-25(28)30-16-15-29-22-9-4-19(5-10-22)3-6-20-17-26(14-13-24(20)26)21-7-11-23(12-8-21)31-18-27;1-3-2;1-2/h2,4-5,7-12,20,24,27H,1,3,6,13-18H2;3H,1H2,2H3;1H2. The van der Waals surface area contributed by atoms with Crippen LogP contribution in [0.2, 0.25) is 0 Å². The maximum atomic E-state index is 11.0. The lowest BCUT2D eigenvalue weighted by Crippen LogP contribution is -2.58. The average molecular weight is 495 g/mol. The molecule has 2 aromatic rings. The topological polar surface area (TPSA) is 82.1 Å². The first-order chi connectivity index (χ1) is 17.6. The third kappa shape index (κ3) is 7.31. The van der Waals surface area contributed by atoms with Crippen LogP contribution in [0.4, 0.5) is 0 Å². The third-order valence-corrected chi connectivity index (χ3v) is 6.96. The molecule has 2 aliphatic rings. The largest absolute Gasteiger partial charge is 0.490 e. The van der Waals surface area contributed by atoms with Crippen molar-refractivity contribution in [3.05, 3.63) is 85.0 Å². The smallest absolute Gasteiger partial charge is 0.330 e. The molecular weight excluding hydrogens is 456 g/mol. The lowest BCUT2D eigenvalue weighted by Gasteiger charge is -2.64. The minimum Gasteiger partial charge on any atom is -0.490 e. The van der Waals surface area contributed by atoms with Gasteiger partial charge in [-0.05, 0) is 91.7 Å². The summed E-state index contributed by atoms with van der Waals surface area (Å²) in [4.78, 5) is 19.0. The molecule has 2 aliphatic carbocycles. The predicted molar refractivity (Wildman–Crippen MR) is 141 cm³/mol. The Bertz CT molecular complexity index is 952. The van der Waals surface area contributed by atoms with Crippen molar-refractivity contribution >= 4 is 12.8 Å². The van der Waals surface area contributed by atoms with E-state index >= 15 is 0 Å². The zero-order chi connectivity index (χ0) is 26.4. The summed E-state index contributed by atoms with van der Waals surface area (Å²) in [6.07, 6.45) is 9.07. The zero-order valence-electron chi connectivity index (χ0n) is 21.2. The molecule has 1 N–H and O–H groups in total. The first-order valence-corrected chi connectivity index (χ1v) is 12.3. The fourth-order valence-electron chi connectivity index (χ4n) is 5.25. The van der Waals surface area contributed by atoms with Crippen molar-refractivity contribution in [1.82, 2.24) is 0 Å². The van der Waals surface area contributed by atoms with Crippen LogP contribution < -0.4 is 9.47 Å². The molecule has 0 spiro atoms. The van der Waals surface area contributed by atoms with Gasteiger partial charge in [0.1, 0.15) is 31.5 Å². The number of carbonyl (C=O) groups is 2. The molecule has 3 unspecified atom stereocenters. The highest BCUT2D eigenvalue weighted by Crippen LogP contribution is 2.66. The Morgan fingerprint density at radius 3 is 2.17 bits per heavy atom. The van der Waals surface area contributed by atoms with Crippen LogP contribution in [-0.2, 0) is 26.2 Å². The number of aryl methyl sites for hydroxylation is 1. The van der Waals surface area contributed by atoms with Gasteiger partial charge in [0.2, 0.25) is 0 Å². The highest BCUT2D eigenvalue weighted by Gasteiger charge is 2.59. The maximum absolute atomic E-state index is 11.0.